The summed E-state index contributed by atoms with van der Waals surface area (Å²) < 4.78 is 6.27. The Morgan fingerprint density at radius 3 is 2.70 bits per heavy atom. The summed E-state index contributed by atoms with van der Waals surface area (Å²) >= 11 is 0. The van der Waals surface area contributed by atoms with Gasteiger partial charge < -0.3 is 4.74 Å². The summed E-state index contributed by atoms with van der Waals surface area (Å²) in [6.45, 7) is 2.26. The van der Waals surface area contributed by atoms with E-state index in [1.54, 1.807) is 19.1 Å². The lowest BCUT2D eigenvalue weighted by Gasteiger charge is -2.05. The first-order valence-corrected chi connectivity index (χ1v) is 5.90. The molecule has 0 radical (unpaired) electrons. The molecule has 0 N–H and O–H groups in total. The Morgan fingerprint density at radius 2 is 2.10 bits per heavy atom. The Morgan fingerprint density at radius 1 is 1.40 bits per heavy atom. The van der Waals surface area contributed by atoms with Crippen molar-refractivity contribution in [1.82, 2.24) is 15.0 Å². The highest BCUT2D eigenvalue weighted by atomic mass is 16.6. The third-order valence-corrected chi connectivity index (χ3v) is 2.58. The number of benzene rings is 1. The van der Waals surface area contributed by atoms with Crippen LogP contribution in [-0.2, 0) is 11.3 Å². The molecule has 0 saturated heterocycles. The van der Waals surface area contributed by atoms with E-state index in [0.717, 1.165) is 5.56 Å². The second kappa shape index (κ2) is 5.91. The summed E-state index contributed by atoms with van der Waals surface area (Å²) in [6, 6.07) is 6.01. The molecule has 0 unspecified atom stereocenters. The van der Waals surface area contributed by atoms with Gasteiger partial charge in [0.2, 0.25) is 0 Å². The normalized spacial score (nSPS) is 10.2. The zero-order chi connectivity index (χ0) is 14.5. The van der Waals surface area contributed by atoms with Crippen LogP contribution in [0.25, 0.3) is 0 Å². The fourth-order valence-electron chi connectivity index (χ4n) is 1.63. The SMILES string of the molecule is CCOC(=O)c1cnnn1Cc1ccc([N+](=O)[O-])cc1. The molecule has 0 spiro atoms. The first-order valence-electron chi connectivity index (χ1n) is 5.90. The van der Waals surface area contributed by atoms with Gasteiger partial charge in [0.25, 0.3) is 5.69 Å². The Bertz CT molecular complexity index is 621. The van der Waals surface area contributed by atoms with Crippen molar-refractivity contribution in [2.24, 2.45) is 0 Å². The minimum Gasteiger partial charge on any atom is -0.461 e. The van der Waals surface area contributed by atoms with Gasteiger partial charge in [-0.3, -0.25) is 10.1 Å². The van der Waals surface area contributed by atoms with Crippen molar-refractivity contribution in [3.05, 3.63) is 51.8 Å². The van der Waals surface area contributed by atoms with E-state index in [0.29, 0.717) is 0 Å². The smallest absolute Gasteiger partial charge is 0.358 e. The number of ether oxygens (including phenoxy) is 1. The van der Waals surface area contributed by atoms with Crippen LogP contribution in [0.4, 0.5) is 5.69 Å². The second-order valence-corrected chi connectivity index (χ2v) is 3.92. The molecule has 0 fully saturated rings. The molecule has 2 aromatic rings. The highest BCUT2D eigenvalue weighted by Crippen LogP contribution is 2.13. The summed E-state index contributed by atoms with van der Waals surface area (Å²) in [4.78, 5) is 21.7. The van der Waals surface area contributed by atoms with E-state index in [4.69, 9.17) is 4.74 Å². The number of hydrogen-bond acceptors (Lipinski definition) is 6. The lowest BCUT2D eigenvalue weighted by molar-refractivity contribution is -0.384. The highest BCUT2D eigenvalue weighted by molar-refractivity contribution is 5.87. The molecule has 0 amide bonds. The van der Waals surface area contributed by atoms with Crippen molar-refractivity contribution in [2.45, 2.75) is 13.5 Å². The molecule has 0 aliphatic carbocycles. The largest absolute Gasteiger partial charge is 0.461 e. The van der Waals surface area contributed by atoms with Crippen LogP contribution in [0.2, 0.25) is 0 Å². The van der Waals surface area contributed by atoms with Crippen LogP contribution < -0.4 is 0 Å². The van der Waals surface area contributed by atoms with E-state index in [-0.39, 0.29) is 24.5 Å². The van der Waals surface area contributed by atoms with E-state index in [1.807, 2.05) is 0 Å². The van der Waals surface area contributed by atoms with Crippen LogP contribution in [-0.4, -0.2) is 32.5 Å². The van der Waals surface area contributed by atoms with Gasteiger partial charge in [-0.15, -0.1) is 5.10 Å². The molecule has 1 aromatic carbocycles. The lowest BCUT2D eigenvalue weighted by atomic mass is 10.2. The van der Waals surface area contributed by atoms with E-state index >= 15 is 0 Å². The van der Waals surface area contributed by atoms with Gasteiger partial charge in [0.05, 0.1) is 24.3 Å². The number of esters is 1. The molecule has 8 heteroatoms. The van der Waals surface area contributed by atoms with Crippen molar-refractivity contribution < 1.29 is 14.5 Å². The average Bonchev–Trinajstić information content (AvgIpc) is 2.88. The van der Waals surface area contributed by atoms with E-state index in [2.05, 4.69) is 10.3 Å². The van der Waals surface area contributed by atoms with Crippen molar-refractivity contribution in [3.8, 4) is 0 Å². The number of rotatable bonds is 5. The Kier molecular flexibility index (Phi) is 4.04. The van der Waals surface area contributed by atoms with Crippen LogP contribution in [0.5, 0.6) is 0 Å². The molecule has 0 atom stereocenters. The molecule has 104 valence electrons. The summed E-state index contributed by atoms with van der Waals surface area (Å²) in [5.41, 5.74) is 1.02. The van der Waals surface area contributed by atoms with Crippen LogP contribution in [0.15, 0.2) is 30.5 Å². The number of aromatic nitrogens is 3. The van der Waals surface area contributed by atoms with Crippen molar-refractivity contribution in [2.75, 3.05) is 6.61 Å². The monoisotopic (exact) mass is 276 g/mol. The topological polar surface area (TPSA) is 100 Å². The third-order valence-electron chi connectivity index (χ3n) is 2.58. The number of nitrogens with zero attached hydrogens (tertiary/aromatic N) is 4. The quantitative estimate of drug-likeness (QED) is 0.465. The summed E-state index contributed by atoms with van der Waals surface area (Å²) in [7, 11) is 0. The average molecular weight is 276 g/mol. The summed E-state index contributed by atoms with van der Waals surface area (Å²) in [5, 5.41) is 18.0. The fourth-order valence-corrected chi connectivity index (χ4v) is 1.63. The van der Waals surface area contributed by atoms with Crippen LogP contribution in [0.1, 0.15) is 23.0 Å². The van der Waals surface area contributed by atoms with Gasteiger partial charge in [-0.25, -0.2) is 9.48 Å². The van der Waals surface area contributed by atoms with Crippen molar-refractivity contribution >= 4 is 11.7 Å². The van der Waals surface area contributed by atoms with Crippen LogP contribution in [0, 0.1) is 10.1 Å². The van der Waals surface area contributed by atoms with Gasteiger partial charge in [-0.1, -0.05) is 17.3 Å². The lowest BCUT2D eigenvalue weighted by Crippen LogP contribution is -2.14. The molecule has 20 heavy (non-hydrogen) atoms. The molecular formula is C12H12N4O4. The number of hydrogen-bond donors (Lipinski definition) is 0. The maximum absolute atomic E-state index is 11.6. The first kappa shape index (κ1) is 13.7. The molecule has 1 heterocycles. The molecule has 0 aliphatic rings. The highest BCUT2D eigenvalue weighted by Gasteiger charge is 2.14. The molecular weight excluding hydrogens is 264 g/mol. The van der Waals surface area contributed by atoms with Gasteiger partial charge in [0.1, 0.15) is 0 Å². The van der Waals surface area contributed by atoms with E-state index < -0.39 is 10.9 Å². The zero-order valence-corrected chi connectivity index (χ0v) is 10.7. The minimum absolute atomic E-state index is 0.0120. The Hall–Kier alpha value is -2.77. The molecule has 2 rings (SSSR count). The molecule has 0 bridgehead atoms. The van der Waals surface area contributed by atoms with Gasteiger partial charge in [0.15, 0.2) is 5.69 Å². The first-order chi connectivity index (χ1) is 9.61. The Labute approximate surface area is 114 Å². The van der Waals surface area contributed by atoms with Crippen LogP contribution in [0.3, 0.4) is 0 Å². The zero-order valence-electron chi connectivity index (χ0n) is 10.7. The Balaban J connectivity index is 2.16. The molecule has 1 aromatic heterocycles. The number of nitro benzene ring substituents is 1. The minimum atomic E-state index is -0.501. The molecule has 0 aliphatic heterocycles. The van der Waals surface area contributed by atoms with E-state index in [9.17, 15) is 14.9 Å². The second-order valence-electron chi connectivity index (χ2n) is 3.92. The fraction of sp³-hybridized carbons (Fsp3) is 0.250. The van der Waals surface area contributed by atoms with Gasteiger partial charge in [-0.05, 0) is 12.5 Å². The van der Waals surface area contributed by atoms with Crippen LogP contribution >= 0.6 is 0 Å². The predicted octanol–water partition coefficient (Wildman–Crippen LogP) is 1.41. The number of nitro groups is 1. The summed E-state index contributed by atoms with van der Waals surface area (Å²) in [5.74, 6) is -0.501. The maximum Gasteiger partial charge on any atom is 0.358 e. The van der Waals surface area contributed by atoms with Gasteiger partial charge >= 0.3 is 5.97 Å². The predicted molar refractivity (Wildman–Crippen MR) is 68.2 cm³/mol. The standard InChI is InChI=1S/C12H12N4O4/c1-2-20-12(17)11-7-13-14-15(11)8-9-3-5-10(6-4-9)16(18)19/h3-7H,2,8H2,1H3. The van der Waals surface area contributed by atoms with Crippen molar-refractivity contribution in [3.63, 3.8) is 0 Å². The van der Waals surface area contributed by atoms with Gasteiger partial charge in [-0.2, -0.15) is 0 Å². The summed E-state index contributed by atoms with van der Waals surface area (Å²) in [6.07, 6.45) is 1.32. The molecule has 0 saturated carbocycles. The number of non-ortho nitro benzene ring substituents is 1. The van der Waals surface area contributed by atoms with E-state index in [1.165, 1.54) is 23.0 Å². The molecule has 8 nitrogen and oxygen atoms in total. The number of carbonyl (C=O) groups excluding carboxylic acids is 1. The third kappa shape index (κ3) is 2.97. The van der Waals surface area contributed by atoms with Crippen molar-refractivity contribution in [1.29, 1.82) is 0 Å². The number of carbonyl (C=O) groups is 1. The maximum atomic E-state index is 11.6. The van der Waals surface area contributed by atoms with Gasteiger partial charge in [0, 0.05) is 12.1 Å².